The quantitative estimate of drug-likeness (QED) is 0.138. The van der Waals surface area contributed by atoms with Crippen molar-refractivity contribution in [3.63, 3.8) is 0 Å². The fourth-order valence-electron chi connectivity index (χ4n) is 4.47. The van der Waals surface area contributed by atoms with Crippen molar-refractivity contribution < 1.29 is 22.7 Å². The number of hydrogen-bond acceptors (Lipinski definition) is 8. The van der Waals surface area contributed by atoms with E-state index in [1.54, 1.807) is 37.3 Å². The monoisotopic (exact) mass is 605 g/mol. The van der Waals surface area contributed by atoms with Gasteiger partial charge >= 0.3 is 17.2 Å². The summed E-state index contributed by atoms with van der Waals surface area (Å²) in [6.07, 6.45) is 1.95. The molecular formula is C33H39N3O6S. The van der Waals surface area contributed by atoms with Crippen LogP contribution in [0.25, 0.3) is 10.9 Å². The van der Waals surface area contributed by atoms with E-state index in [4.69, 9.17) is 13.7 Å². The molecule has 0 radical (unpaired) electrons. The maximum absolute atomic E-state index is 13.0. The molecule has 1 unspecified atom stereocenters. The number of hydrogen-bond donors (Lipinski definition) is 0. The fraction of sp³-hybridized carbons (Fsp3) is 0.394. The number of para-hydroxylation sites is 1. The lowest BCUT2D eigenvalue weighted by Gasteiger charge is -2.30. The van der Waals surface area contributed by atoms with E-state index in [-0.39, 0.29) is 40.7 Å². The molecule has 0 aliphatic heterocycles. The number of carbonyl (C=O) groups excluding carboxylic acids is 1. The Morgan fingerprint density at radius 1 is 0.907 bits per heavy atom. The van der Waals surface area contributed by atoms with Crippen LogP contribution in [0.4, 0.5) is 0 Å². The summed E-state index contributed by atoms with van der Waals surface area (Å²) in [4.78, 5) is 25.9. The Balaban J connectivity index is 1.44. The smallest absolute Gasteiger partial charge is 0.344 e. The van der Waals surface area contributed by atoms with E-state index in [0.717, 1.165) is 29.7 Å². The lowest BCUT2D eigenvalue weighted by molar-refractivity contribution is 0.0447. The molecule has 0 N–H and O–H groups in total. The zero-order chi connectivity index (χ0) is 31.4. The summed E-state index contributed by atoms with van der Waals surface area (Å²) in [5.41, 5.74) is 2.91. The Bertz CT molecular complexity index is 1710. The van der Waals surface area contributed by atoms with Gasteiger partial charge in [-0.25, -0.2) is 4.79 Å². The van der Waals surface area contributed by atoms with Crippen molar-refractivity contribution in [3.05, 3.63) is 93.3 Å². The molecule has 0 saturated carbocycles. The van der Waals surface area contributed by atoms with Crippen LogP contribution in [-0.2, 0) is 26.8 Å². The first-order chi connectivity index (χ1) is 20.4. The molecule has 3 aromatic carbocycles. The minimum absolute atomic E-state index is 0.0145. The lowest BCUT2D eigenvalue weighted by atomic mass is 9.76. The standard InChI is InChI=1S/C33H39N3O6S/c1-8-32(4,5)23-17-18-28(26(21-23)33(6,7)9-2)40-19-20-41-31(38)24-14-10-11-16-27(24)42-43(39)36-30(37)25-15-12-13-22(3)29(25)34-35-36/h10-18,21H,8-9,19-20H2,1-7H3. The van der Waals surface area contributed by atoms with Crippen molar-refractivity contribution in [1.82, 2.24) is 14.4 Å². The molecular weight excluding hydrogens is 566 g/mol. The normalized spacial score (nSPS) is 12.6. The van der Waals surface area contributed by atoms with Crippen LogP contribution in [0.3, 0.4) is 0 Å². The fourth-order valence-corrected chi connectivity index (χ4v) is 5.17. The van der Waals surface area contributed by atoms with Crippen molar-refractivity contribution in [3.8, 4) is 11.5 Å². The molecule has 0 spiro atoms. The second kappa shape index (κ2) is 13.1. The van der Waals surface area contributed by atoms with E-state index in [1.807, 2.05) is 6.07 Å². The molecule has 43 heavy (non-hydrogen) atoms. The van der Waals surface area contributed by atoms with Crippen LogP contribution in [-0.4, -0.2) is 37.8 Å². The third-order valence-electron chi connectivity index (χ3n) is 8.11. The number of ether oxygens (including phenoxy) is 2. The largest absolute Gasteiger partial charge is 0.490 e. The average molecular weight is 606 g/mol. The molecule has 228 valence electrons. The van der Waals surface area contributed by atoms with Gasteiger partial charge in [-0.3, -0.25) is 4.79 Å². The van der Waals surface area contributed by atoms with Gasteiger partial charge < -0.3 is 13.7 Å². The Kier molecular flexibility index (Phi) is 9.69. The van der Waals surface area contributed by atoms with E-state index in [1.165, 1.54) is 17.7 Å². The van der Waals surface area contributed by atoms with Crippen molar-refractivity contribution >= 4 is 28.1 Å². The average Bonchev–Trinajstić information content (AvgIpc) is 3.00. The molecule has 0 amide bonds. The number of carbonyl (C=O) groups is 1. The summed E-state index contributed by atoms with van der Waals surface area (Å²) in [6.45, 7) is 15.1. The molecule has 0 bridgehead atoms. The van der Waals surface area contributed by atoms with Gasteiger partial charge in [0.15, 0.2) is 5.75 Å². The van der Waals surface area contributed by atoms with E-state index < -0.39 is 22.8 Å². The van der Waals surface area contributed by atoms with Gasteiger partial charge in [-0.2, -0.15) is 4.21 Å². The molecule has 0 saturated heterocycles. The molecule has 10 heteroatoms. The number of nitrogens with zero attached hydrogens (tertiary/aromatic N) is 3. The molecule has 0 aliphatic rings. The first kappa shape index (κ1) is 31.9. The number of esters is 1. The van der Waals surface area contributed by atoms with Gasteiger partial charge in [0.25, 0.3) is 5.56 Å². The third-order valence-corrected chi connectivity index (χ3v) is 8.95. The highest BCUT2D eigenvalue weighted by molar-refractivity contribution is 7.78. The van der Waals surface area contributed by atoms with E-state index in [9.17, 15) is 13.8 Å². The highest BCUT2D eigenvalue weighted by Crippen LogP contribution is 2.38. The molecule has 1 atom stereocenters. The number of aromatic nitrogens is 3. The van der Waals surface area contributed by atoms with Gasteiger partial charge in [-0.1, -0.05) is 82.0 Å². The second-order valence-electron chi connectivity index (χ2n) is 11.7. The maximum atomic E-state index is 13.0. The molecule has 9 nitrogen and oxygen atoms in total. The summed E-state index contributed by atoms with van der Waals surface area (Å²) in [6, 6.07) is 17.6. The Morgan fingerprint density at radius 3 is 2.35 bits per heavy atom. The number of rotatable bonds is 12. The highest BCUT2D eigenvalue weighted by Gasteiger charge is 2.27. The molecule has 4 aromatic rings. The third kappa shape index (κ3) is 6.96. The van der Waals surface area contributed by atoms with Gasteiger partial charge in [0.05, 0.1) is 5.39 Å². The first-order valence-electron chi connectivity index (χ1n) is 14.4. The van der Waals surface area contributed by atoms with Crippen molar-refractivity contribution in [1.29, 1.82) is 0 Å². The van der Waals surface area contributed by atoms with Crippen LogP contribution in [0.2, 0.25) is 0 Å². The van der Waals surface area contributed by atoms with Crippen LogP contribution < -0.4 is 14.5 Å². The molecule has 1 heterocycles. The molecule has 0 fully saturated rings. The summed E-state index contributed by atoms with van der Waals surface area (Å²) in [7, 11) is 0. The van der Waals surface area contributed by atoms with Gasteiger partial charge in [-0.05, 0) is 71.2 Å². The van der Waals surface area contributed by atoms with Crippen LogP contribution in [0.5, 0.6) is 11.5 Å². The van der Waals surface area contributed by atoms with Gasteiger partial charge in [0.1, 0.15) is 30.0 Å². The van der Waals surface area contributed by atoms with Crippen LogP contribution >= 0.6 is 0 Å². The van der Waals surface area contributed by atoms with Gasteiger partial charge in [0.2, 0.25) is 0 Å². The number of benzene rings is 3. The molecule has 1 aromatic heterocycles. The van der Waals surface area contributed by atoms with Crippen molar-refractivity contribution in [2.24, 2.45) is 0 Å². The van der Waals surface area contributed by atoms with Crippen LogP contribution in [0, 0.1) is 6.92 Å². The van der Waals surface area contributed by atoms with Crippen molar-refractivity contribution in [2.45, 2.75) is 72.1 Å². The minimum atomic E-state index is -2.39. The Morgan fingerprint density at radius 2 is 1.63 bits per heavy atom. The summed E-state index contributed by atoms with van der Waals surface area (Å²) in [5, 5.41) is 8.05. The zero-order valence-corrected chi connectivity index (χ0v) is 26.6. The summed E-state index contributed by atoms with van der Waals surface area (Å²) >= 11 is -2.39. The zero-order valence-electron chi connectivity index (χ0n) is 25.8. The Labute approximate surface area is 255 Å². The predicted octanol–water partition coefficient (Wildman–Crippen LogP) is 6.22. The number of fused-ring (bicyclic) bond motifs is 1. The second-order valence-corrected chi connectivity index (χ2v) is 12.7. The van der Waals surface area contributed by atoms with E-state index in [0.29, 0.717) is 9.60 Å². The Hall–Kier alpha value is -4.05. The van der Waals surface area contributed by atoms with Crippen LogP contribution in [0.15, 0.2) is 65.5 Å². The number of aryl methyl sites for hydroxylation is 1. The van der Waals surface area contributed by atoms with Crippen molar-refractivity contribution in [2.75, 3.05) is 13.2 Å². The highest BCUT2D eigenvalue weighted by atomic mass is 32.2. The summed E-state index contributed by atoms with van der Waals surface area (Å²) in [5.74, 6) is 0.0543. The molecule has 0 aliphatic carbocycles. The maximum Gasteiger partial charge on any atom is 0.344 e. The lowest BCUT2D eigenvalue weighted by Crippen LogP contribution is -2.30. The van der Waals surface area contributed by atoms with E-state index >= 15 is 0 Å². The van der Waals surface area contributed by atoms with Gasteiger partial charge in [-0.15, -0.1) is 5.10 Å². The molecule has 4 rings (SSSR count). The van der Waals surface area contributed by atoms with Crippen LogP contribution in [0.1, 0.15) is 81.4 Å². The van der Waals surface area contributed by atoms with Gasteiger partial charge in [0, 0.05) is 5.56 Å². The summed E-state index contributed by atoms with van der Waals surface area (Å²) < 4.78 is 30.7. The van der Waals surface area contributed by atoms with E-state index in [2.05, 4.69) is 64.0 Å². The first-order valence-corrected chi connectivity index (χ1v) is 15.4. The SMILES string of the molecule is CCC(C)(C)c1ccc(OCCOC(=O)c2ccccc2OS(=O)n2nnc3c(C)cccc3c2=O)c(C(C)(C)CC)c1. The predicted molar refractivity (Wildman–Crippen MR) is 168 cm³/mol. The minimum Gasteiger partial charge on any atom is -0.490 e. The topological polar surface area (TPSA) is 110 Å².